The number of thioether (sulfide) groups is 1. The van der Waals surface area contributed by atoms with Crippen LogP contribution in [0.25, 0.3) is 11.4 Å². The number of furan rings is 1. The number of aromatic nitrogens is 3. The fraction of sp³-hybridized carbons (Fsp3) is 0.238. The van der Waals surface area contributed by atoms with Crippen molar-refractivity contribution in [3.63, 3.8) is 0 Å². The molecule has 0 saturated carbocycles. The number of nitrogens with zero attached hydrogens (tertiary/aromatic N) is 4. The van der Waals surface area contributed by atoms with E-state index in [1.807, 2.05) is 11.5 Å². The Hall–Kier alpha value is -3.40. The molecule has 2 heterocycles. The van der Waals surface area contributed by atoms with Gasteiger partial charge in [0, 0.05) is 25.2 Å². The van der Waals surface area contributed by atoms with Crippen LogP contribution in [0.2, 0.25) is 0 Å². The van der Waals surface area contributed by atoms with E-state index in [4.69, 9.17) is 10.2 Å². The number of nitrogens with two attached hydrogens (primary N) is 1. The summed E-state index contributed by atoms with van der Waals surface area (Å²) in [6.07, 6.45) is 3.28. The molecule has 1 aromatic carbocycles. The SMILES string of the molecule is C=CCn1c(SCC(=O)N(CCC(N)=O)c2ccc(F)cc2)nnc1-c1ccoc1C. The van der Waals surface area contributed by atoms with Crippen LogP contribution in [-0.4, -0.2) is 38.9 Å². The first kappa shape index (κ1) is 22.3. The first-order chi connectivity index (χ1) is 14.9. The average molecular weight is 444 g/mol. The number of primary amides is 1. The van der Waals surface area contributed by atoms with Gasteiger partial charge in [0.15, 0.2) is 11.0 Å². The number of allylic oxidation sites excluding steroid dienone is 1. The Morgan fingerprint density at radius 3 is 2.65 bits per heavy atom. The molecular formula is C21H22FN5O3S. The van der Waals surface area contributed by atoms with Gasteiger partial charge in [0.05, 0.1) is 17.6 Å². The first-order valence-corrected chi connectivity index (χ1v) is 10.4. The molecule has 2 N–H and O–H groups in total. The summed E-state index contributed by atoms with van der Waals surface area (Å²) in [6, 6.07) is 7.29. The fourth-order valence-corrected chi connectivity index (χ4v) is 3.77. The lowest BCUT2D eigenvalue weighted by Gasteiger charge is -2.22. The van der Waals surface area contributed by atoms with Gasteiger partial charge >= 0.3 is 0 Å². The fourth-order valence-electron chi connectivity index (χ4n) is 2.95. The molecule has 0 aliphatic carbocycles. The molecule has 3 aromatic rings. The molecule has 10 heteroatoms. The highest BCUT2D eigenvalue weighted by Gasteiger charge is 2.21. The molecule has 2 amide bonds. The van der Waals surface area contributed by atoms with Crippen LogP contribution in [-0.2, 0) is 16.1 Å². The smallest absolute Gasteiger partial charge is 0.237 e. The van der Waals surface area contributed by atoms with Crippen LogP contribution in [0.3, 0.4) is 0 Å². The summed E-state index contributed by atoms with van der Waals surface area (Å²) in [5.41, 5.74) is 6.53. The zero-order chi connectivity index (χ0) is 22.4. The second kappa shape index (κ2) is 10.1. The van der Waals surface area contributed by atoms with Gasteiger partial charge in [-0.05, 0) is 37.3 Å². The van der Waals surface area contributed by atoms with Gasteiger partial charge in [0.25, 0.3) is 0 Å². The van der Waals surface area contributed by atoms with Crippen molar-refractivity contribution >= 4 is 29.3 Å². The summed E-state index contributed by atoms with van der Waals surface area (Å²) in [6.45, 7) is 6.15. The molecule has 0 saturated heterocycles. The van der Waals surface area contributed by atoms with Gasteiger partial charge in [-0.25, -0.2) is 4.39 Å². The third-order valence-electron chi connectivity index (χ3n) is 4.47. The van der Waals surface area contributed by atoms with Gasteiger partial charge in [-0.3, -0.25) is 14.2 Å². The number of hydrogen-bond donors (Lipinski definition) is 1. The topological polar surface area (TPSA) is 107 Å². The number of aryl methyl sites for hydroxylation is 1. The van der Waals surface area contributed by atoms with Gasteiger partial charge in [0.2, 0.25) is 11.8 Å². The average Bonchev–Trinajstić information content (AvgIpc) is 3.33. The lowest BCUT2D eigenvalue weighted by molar-refractivity contribution is -0.118. The van der Waals surface area contributed by atoms with E-state index in [0.29, 0.717) is 29.0 Å². The molecular weight excluding hydrogens is 421 g/mol. The van der Waals surface area contributed by atoms with Crippen LogP contribution in [0.1, 0.15) is 12.2 Å². The minimum atomic E-state index is -0.529. The molecule has 0 spiro atoms. The minimum Gasteiger partial charge on any atom is -0.469 e. The van der Waals surface area contributed by atoms with Gasteiger partial charge < -0.3 is 15.1 Å². The highest BCUT2D eigenvalue weighted by atomic mass is 32.2. The van der Waals surface area contributed by atoms with Crippen molar-refractivity contribution < 1.29 is 18.4 Å². The maximum Gasteiger partial charge on any atom is 0.237 e. The Labute approximate surface area is 182 Å². The van der Waals surface area contributed by atoms with Crippen LogP contribution in [0.15, 0.2) is 58.8 Å². The second-order valence-corrected chi connectivity index (χ2v) is 7.57. The van der Waals surface area contributed by atoms with E-state index in [1.165, 1.54) is 40.9 Å². The van der Waals surface area contributed by atoms with Crippen LogP contribution in [0, 0.1) is 12.7 Å². The number of halogens is 1. The molecule has 8 nitrogen and oxygen atoms in total. The van der Waals surface area contributed by atoms with Crippen LogP contribution in [0.5, 0.6) is 0 Å². The second-order valence-electron chi connectivity index (χ2n) is 6.62. The lowest BCUT2D eigenvalue weighted by Crippen LogP contribution is -2.35. The van der Waals surface area contributed by atoms with Crippen molar-refractivity contribution in [1.82, 2.24) is 14.8 Å². The predicted molar refractivity (Wildman–Crippen MR) is 116 cm³/mol. The van der Waals surface area contributed by atoms with Gasteiger partial charge in [-0.1, -0.05) is 17.8 Å². The number of hydrogen-bond acceptors (Lipinski definition) is 6. The number of benzene rings is 1. The van der Waals surface area contributed by atoms with Gasteiger partial charge in [-0.15, -0.1) is 16.8 Å². The quantitative estimate of drug-likeness (QED) is 0.381. The van der Waals surface area contributed by atoms with E-state index < -0.39 is 11.7 Å². The molecule has 0 aliphatic rings. The van der Waals surface area contributed by atoms with E-state index in [-0.39, 0.29) is 24.6 Å². The first-order valence-electron chi connectivity index (χ1n) is 9.46. The van der Waals surface area contributed by atoms with Crippen molar-refractivity contribution in [3.8, 4) is 11.4 Å². The van der Waals surface area contributed by atoms with Crippen molar-refractivity contribution in [2.24, 2.45) is 5.73 Å². The number of rotatable bonds is 10. The summed E-state index contributed by atoms with van der Waals surface area (Å²) >= 11 is 1.21. The van der Waals surface area contributed by atoms with Crippen LogP contribution < -0.4 is 10.6 Å². The summed E-state index contributed by atoms with van der Waals surface area (Å²) in [7, 11) is 0. The van der Waals surface area contributed by atoms with Crippen molar-refractivity contribution in [3.05, 3.63) is 60.8 Å². The standard InChI is InChI=1S/C21H22FN5O3S/c1-3-10-27-20(17-9-12-30-14(17)2)24-25-21(27)31-13-19(29)26(11-8-18(23)28)16-6-4-15(22)5-7-16/h3-7,9,12H,1,8,10-11,13H2,2H3,(H2,23,28). The highest BCUT2D eigenvalue weighted by molar-refractivity contribution is 7.99. The van der Waals surface area contributed by atoms with Crippen molar-refractivity contribution in [1.29, 1.82) is 0 Å². The molecule has 0 fully saturated rings. The van der Waals surface area contributed by atoms with E-state index >= 15 is 0 Å². The molecule has 0 aliphatic heterocycles. The summed E-state index contributed by atoms with van der Waals surface area (Å²) in [5, 5.41) is 9.00. The molecule has 0 radical (unpaired) electrons. The van der Waals surface area contributed by atoms with E-state index in [1.54, 1.807) is 18.4 Å². The zero-order valence-corrected chi connectivity index (χ0v) is 17.8. The third-order valence-corrected chi connectivity index (χ3v) is 5.43. The predicted octanol–water partition coefficient (Wildman–Crippen LogP) is 3.17. The molecule has 2 aromatic heterocycles. The summed E-state index contributed by atoms with van der Waals surface area (Å²) in [4.78, 5) is 25.6. The highest BCUT2D eigenvalue weighted by Crippen LogP contribution is 2.27. The molecule has 31 heavy (non-hydrogen) atoms. The monoisotopic (exact) mass is 443 g/mol. The molecule has 162 valence electrons. The summed E-state index contributed by atoms with van der Waals surface area (Å²) < 4.78 is 20.5. The molecule has 0 atom stereocenters. The Kier molecular flexibility index (Phi) is 7.24. The lowest BCUT2D eigenvalue weighted by atomic mass is 10.2. The molecule has 3 rings (SSSR count). The van der Waals surface area contributed by atoms with E-state index in [0.717, 1.165) is 5.56 Å². The molecule has 0 bridgehead atoms. The van der Waals surface area contributed by atoms with Crippen molar-refractivity contribution in [2.45, 2.75) is 25.0 Å². The zero-order valence-electron chi connectivity index (χ0n) is 17.0. The van der Waals surface area contributed by atoms with Crippen LogP contribution in [0.4, 0.5) is 10.1 Å². The largest absolute Gasteiger partial charge is 0.469 e. The number of carbonyl (C=O) groups is 2. The minimum absolute atomic E-state index is 0.00958. The third kappa shape index (κ3) is 5.40. The Morgan fingerprint density at radius 2 is 2.03 bits per heavy atom. The van der Waals surface area contributed by atoms with Gasteiger partial charge in [-0.2, -0.15) is 0 Å². The summed E-state index contributed by atoms with van der Waals surface area (Å²) in [5.74, 6) is 0.144. The Bertz CT molecular complexity index is 1080. The van der Waals surface area contributed by atoms with Crippen molar-refractivity contribution in [2.75, 3.05) is 17.2 Å². The number of carbonyl (C=O) groups excluding carboxylic acids is 2. The number of amides is 2. The van der Waals surface area contributed by atoms with E-state index in [9.17, 15) is 14.0 Å². The van der Waals surface area contributed by atoms with Gasteiger partial charge in [0.1, 0.15) is 11.6 Å². The normalized spacial score (nSPS) is 10.8. The van der Waals surface area contributed by atoms with Crippen LogP contribution >= 0.6 is 11.8 Å². The maximum absolute atomic E-state index is 13.3. The maximum atomic E-state index is 13.3. The Balaban J connectivity index is 1.79. The number of anilines is 1. The Morgan fingerprint density at radius 1 is 1.29 bits per heavy atom. The molecule has 0 unspecified atom stereocenters. The van der Waals surface area contributed by atoms with E-state index in [2.05, 4.69) is 16.8 Å².